The summed E-state index contributed by atoms with van der Waals surface area (Å²) >= 11 is 3.16. The molecule has 1 heterocycles. The van der Waals surface area contributed by atoms with Gasteiger partial charge in [-0.15, -0.1) is 0 Å². The van der Waals surface area contributed by atoms with E-state index in [0.717, 1.165) is 0 Å². The molecule has 0 aromatic heterocycles. The molecule has 1 aliphatic rings. The van der Waals surface area contributed by atoms with Gasteiger partial charge in [0.05, 0.1) is 5.56 Å². The Kier molecular flexibility index (Phi) is 4.26. The summed E-state index contributed by atoms with van der Waals surface area (Å²) in [6.45, 7) is 0.694. The number of nitrogens with zero attached hydrogens (tertiary/aromatic N) is 4. The fourth-order valence-electron chi connectivity index (χ4n) is 2.15. The van der Waals surface area contributed by atoms with Gasteiger partial charge in [-0.25, -0.2) is 4.79 Å². The summed E-state index contributed by atoms with van der Waals surface area (Å²) in [4.78, 5) is 27.2. The van der Waals surface area contributed by atoms with Crippen molar-refractivity contribution in [2.45, 2.75) is 6.42 Å². The van der Waals surface area contributed by atoms with Gasteiger partial charge >= 0.3 is 5.97 Å². The number of anilines is 1. The second-order valence-electron chi connectivity index (χ2n) is 4.46. The Bertz CT molecular complexity index is 613. The molecule has 1 aromatic carbocycles. The summed E-state index contributed by atoms with van der Waals surface area (Å²) in [7, 11) is 0. The Morgan fingerprint density at radius 1 is 1.60 bits per heavy atom. The fourth-order valence-corrected chi connectivity index (χ4v) is 2.57. The molecule has 0 radical (unpaired) electrons. The lowest BCUT2D eigenvalue weighted by molar-refractivity contribution is -0.117. The summed E-state index contributed by atoms with van der Waals surface area (Å²) in [5.41, 5.74) is 8.94. The predicted octanol–water partition coefficient (Wildman–Crippen LogP) is 2.81. The SMILES string of the molecule is [N-]=[N+]=NCC1CC(=O)N(c2ccc(Br)c(C(=O)O)c2)C1. The molecule has 1 atom stereocenters. The molecule has 20 heavy (non-hydrogen) atoms. The van der Waals surface area contributed by atoms with Crippen LogP contribution in [-0.2, 0) is 4.79 Å². The van der Waals surface area contributed by atoms with Crippen molar-refractivity contribution >= 4 is 33.5 Å². The molecule has 2 rings (SSSR count). The topological polar surface area (TPSA) is 106 Å². The number of carboxylic acid groups (broad SMARTS) is 1. The van der Waals surface area contributed by atoms with E-state index >= 15 is 0 Å². The van der Waals surface area contributed by atoms with Gasteiger partial charge in [0, 0.05) is 34.6 Å². The number of carboxylic acids is 1. The quantitative estimate of drug-likeness (QED) is 0.518. The lowest BCUT2D eigenvalue weighted by Gasteiger charge is -2.17. The standard InChI is InChI=1S/C12H11BrN4O3/c13-10-2-1-8(4-9(10)12(19)20)17-6-7(3-11(17)18)5-15-16-14/h1-2,4,7H,3,5-6H2,(H,19,20). The molecular formula is C12H11BrN4O3. The molecular weight excluding hydrogens is 328 g/mol. The van der Waals surface area contributed by atoms with Crippen molar-refractivity contribution in [2.75, 3.05) is 18.0 Å². The van der Waals surface area contributed by atoms with Crippen LogP contribution in [0.1, 0.15) is 16.8 Å². The normalized spacial score (nSPS) is 17.9. The van der Waals surface area contributed by atoms with Gasteiger partial charge in [-0.05, 0) is 45.6 Å². The molecule has 0 spiro atoms. The first kappa shape index (κ1) is 14.4. The number of rotatable bonds is 4. The second-order valence-corrected chi connectivity index (χ2v) is 5.31. The Labute approximate surface area is 122 Å². The van der Waals surface area contributed by atoms with Gasteiger partial charge in [-0.3, -0.25) is 4.79 Å². The van der Waals surface area contributed by atoms with Gasteiger partial charge < -0.3 is 10.0 Å². The minimum atomic E-state index is -1.06. The van der Waals surface area contributed by atoms with Crippen LogP contribution in [0.4, 0.5) is 5.69 Å². The minimum absolute atomic E-state index is 0.0321. The highest BCUT2D eigenvalue weighted by Crippen LogP contribution is 2.29. The zero-order valence-electron chi connectivity index (χ0n) is 10.4. The van der Waals surface area contributed by atoms with E-state index in [1.54, 1.807) is 12.1 Å². The Morgan fingerprint density at radius 2 is 2.35 bits per heavy atom. The number of amides is 1. The van der Waals surface area contributed by atoms with Crippen LogP contribution in [0.5, 0.6) is 0 Å². The van der Waals surface area contributed by atoms with E-state index in [0.29, 0.717) is 23.1 Å². The molecule has 7 nitrogen and oxygen atoms in total. The highest BCUT2D eigenvalue weighted by Gasteiger charge is 2.30. The number of aromatic carboxylic acids is 1. The number of hydrogen-bond acceptors (Lipinski definition) is 3. The maximum absolute atomic E-state index is 11.9. The van der Waals surface area contributed by atoms with Crippen molar-refractivity contribution in [2.24, 2.45) is 11.0 Å². The van der Waals surface area contributed by atoms with Gasteiger partial charge in [0.2, 0.25) is 5.91 Å². The van der Waals surface area contributed by atoms with Crippen molar-refractivity contribution in [1.29, 1.82) is 0 Å². The van der Waals surface area contributed by atoms with Crippen LogP contribution in [-0.4, -0.2) is 30.1 Å². The van der Waals surface area contributed by atoms with Gasteiger partial charge in [-0.1, -0.05) is 5.11 Å². The van der Waals surface area contributed by atoms with Crippen LogP contribution in [0.15, 0.2) is 27.8 Å². The third-order valence-corrected chi connectivity index (χ3v) is 3.79. The molecule has 1 amide bonds. The molecule has 8 heteroatoms. The van der Waals surface area contributed by atoms with Gasteiger partial charge in [-0.2, -0.15) is 0 Å². The first-order valence-electron chi connectivity index (χ1n) is 5.87. The van der Waals surface area contributed by atoms with E-state index in [4.69, 9.17) is 10.6 Å². The molecule has 1 fully saturated rings. The second kappa shape index (κ2) is 5.94. The highest BCUT2D eigenvalue weighted by molar-refractivity contribution is 9.10. The largest absolute Gasteiger partial charge is 0.478 e. The third kappa shape index (κ3) is 2.92. The first-order valence-corrected chi connectivity index (χ1v) is 6.66. The number of carbonyl (C=O) groups is 2. The minimum Gasteiger partial charge on any atom is -0.478 e. The van der Waals surface area contributed by atoms with Crippen molar-refractivity contribution in [3.63, 3.8) is 0 Å². The van der Waals surface area contributed by atoms with Crippen LogP contribution in [0, 0.1) is 5.92 Å². The molecule has 1 saturated heterocycles. The Hall–Kier alpha value is -2.05. The van der Waals surface area contributed by atoms with E-state index in [1.807, 2.05) is 0 Å². The number of carbonyl (C=O) groups excluding carboxylic acids is 1. The predicted molar refractivity (Wildman–Crippen MR) is 75.6 cm³/mol. The van der Waals surface area contributed by atoms with E-state index < -0.39 is 5.97 Å². The molecule has 1 aromatic rings. The summed E-state index contributed by atoms with van der Waals surface area (Å²) in [5, 5.41) is 12.6. The molecule has 1 unspecified atom stereocenters. The molecule has 1 N–H and O–H groups in total. The number of azide groups is 1. The van der Waals surface area contributed by atoms with Crippen LogP contribution < -0.4 is 4.90 Å². The van der Waals surface area contributed by atoms with Crippen molar-refractivity contribution in [1.82, 2.24) is 0 Å². The summed E-state index contributed by atoms with van der Waals surface area (Å²) in [6.07, 6.45) is 0.303. The number of hydrogen-bond donors (Lipinski definition) is 1. The average molecular weight is 339 g/mol. The molecule has 1 aliphatic heterocycles. The molecule has 0 aliphatic carbocycles. The van der Waals surface area contributed by atoms with Crippen LogP contribution in [0.25, 0.3) is 10.4 Å². The maximum Gasteiger partial charge on any atom is 0.336 e. The number of benzene rings is 1. The average Bonchev–Trinajstić information content (AvgIpc) is 2.78. The summed E-state index contributed by atoms with van der Waals surface area (Å²) in [6, 6.07) is 4.75. The Morgan fingerprint density at radius 3 is 3.00 bits per heavy atom. The third-order valence-electron chi connectivity index (χ3n) is 3.10. The van der Waals surface area contributed by atoms with Crippen LogP contribution in [0.2, 0.25) is 0 Å². The van der Waals surface area contributed by atoms with Crippen molar-refractivity contribution in [3.05, 3.63) is 38.7 Å². The van der Waals surface area contributed by atoms with Crippen LogP contribution >= 0.6 is 15.9 Å². The Balaban J connectivity index is 2.24. The number of halogens is 1. The molecule has 104 valence electrons. The first-order chi connectivity index (χ1) is 9.52. The highest BCUT2D eigenvalue weighted by atomic mass is 79.9. The van der Waals surface area contributed by atoms with E-state index in [9.17, 15) is 9.59 Å². The maximum atomic E-state index is 11.9. The van der Waals surface area contributed by atoms with Gasteiger partial charge in [0.25, 0.3) is 0 Å². The van der Waals surface area contributed by atoms with E-state index in [-0.39, 0.29) is 23.9 Å². The fraction of sp³-hybridized carbons (Fsp3) is 0.333. The lowest BCUT2D eigenvalue weighted by atomic mass is 10.1. The summed E-state index contributed by atoms with van der Waals surface area (Å²) < 4.78 is 0.464. The van der Waals surface area contributed by atoms with E-state index in [1.165, 1.54) is 11.0 Å². The monoisotopic (exact) mass is 338 g/mol. The van der Waals surface area contributed by atoms with Crippen LogP contribution in [0.3, 0.4) is 0 Å². The molecule has 0 bridgehead atoms. The van der Waals surface area contributed by atoms with Gasteiger partial charge in [0.1, 0.15) is 0 Å². The zero-order valence-corrected chi connectivity index (χ0v) is 11.9. The zero-order chi connectivity index (χ0) is 14.7. The summed E-state index contributed by atoms with van der Waals surface area (Å²) in [5.74, 6) is -1.19. The van der Waals surface area contributed by atoms with Crippen molar-refractivity contribution < 1.29 is 14.7 Å². The lowest BCUT2D eigenvalue weighted by Crippen LogP contribution is -2.25. The van der Waals surface area contributed by atoms with Gasteiger partial charge in [0.15, 0.2) is 0 Å². The van der Waals surface area contributed by atoms with E-state index in [2.05, 4.69) is 26.0 Å². The molecule has 0 saturated carbocycles. The van der Waals surface area contributed by atoms with Crippen molar-refractivity contribution in [3.8, 4) is 0 Å². The smallest absolute Gasteiger partial charge is 0.336 e.